The smallest absolute Gasteiger partial charge is 0.335 e. The number of nitrogens with one attached hydrogen (secondary N) is 1. The van der Waals surface area contributed by atoms with Gasteiger partial charge in [0.15, 0.2) is 5.16 Å². The average molecular weight is 319 g/mol. The van der Waals surface area contributed by atoms with E-state index in [1.807, 2.05) is 24.3 Å². The highest BCUT2D eigenvalue weighted by molar-refractivity contribution is 7.98. The van der Waals surface area contributed by atoms with Crippen LogP contribution in [-0.2, 0) is 5.75 Å². The number of aromatic nitrogens is 2. The van der Waals surface area contributed by atoms with Gasteiger partial charge in [0.1, 0.15) is 0 Å². The Morgan fingerprint density at radius 2 is 2.00 bits per heavy atom. The molecule has 0 atom stereocenters. The molecule has 0 aliphatic carbocycles. The Morgan fingerprint density at radius 1 is 1.24 bits per heavy atom. The number of aromatic amines is 1. The zero-order valence-electron chi connectivity index (χ0n) is 10.8. The molecule has 0 amide bonds. The van der Waals surface area contributed by atoms with E-state index in [2.05, 4.69) is 9.97 Å². The molecular weight excluding hydrogens is 308 g/mol. The number of hydrogen-bond donors (Lipinski definition) is 2. The molecule has 3 rings (SSSR count). The van der Waals surface area contributed by atoms with E-state index in [9.17, 15) is 4.79 Å². The number of nitrogens with zero attached hydrogens (tertiary/aromatic N) is 1. The number of aromatic carboxylic acids is 1. The van der Waals surface area contributed by atoms with Gasteiger partial charge in [0.2, 0.25) is 0 Å². The number of rotatable bonds is 4. The van der Waals surface area contributed by atoms with Crippen LogP contribution in [-0.4, -0.2) is 21.0 Å². The van der Waals surface area contributed by atoms with Gasteiger partial charge in [0, 0.05) is 10.8 Å². The van der Waals surface area contributed by atoms with E-state index in [1.54, 1.807) is 30.0 Å². The topological polar surface area (TPSA) is 66.0 Å². The molecule has 0 aliphatic rings. The van der Waals surface area contributed by atoms with Crippen LogP contribution in [0.4, 0.5) is 0 Å². The largest absolute Gasteiger partial charge is 0.478 e. The summed E-state index contributed by atoms with van der Waals surface area (Å²) in [5.41, 5.74) is 2.89. The number of halogens is 1. The molecule has 21 heavy (non-hydrogen) atoms. The lowest BCUT2D eigenvalue weighted by Gasteiger charge is -1.98. The van der Waals surface area contributed by atoms with Gasteiger partial charge in [-0.25, -0.2) is 9.78 Å². The summed E-state index contributed by atoms with van der Waals surface area (Å²) in [4.78, 5) is 18.5. The third-order valence-electron chi connectivity index (χ3n) is 3.00. The molecule has 106 valence electrons. The van der Waals surface area contributed by atoms with Crippen molar-refractivity contribution >= 4 is 40.4 Å². The van der Waals surface area contributed by atoms with Gasteiger partial charge in [-0.3, -0.25) is 0 Å². The van der Waals surface area contributed by atoms with Crippen molar-refractivity contribution in [1.29, 1.82) is 0 Å². The van der Waals surface area contributed by atoms with Crippen LogP contribution in [0, 0.1) is 0 Å². The standard InChI is InChI=1S/C15H11ClN2O2S/c16-11-4-1-9(2-5-11)8-21-15-17-12-6-3-10(14(19)20)7-13(12)18-15/h1-7H,8H2,(H,17,18)(H,19,20). The van der Waals surface area contributed by atoms with Gasteiger partial charge in [-0.05, 0) is 35.9 Å². The van der Waals surface area contributed by atoms with Gasteiger partial charge >= 0.3 is 5.97 Å². The molecular formula is C15H11ClN2O2S. The molecule has 0 saturated heterocycles. The zero-order chi connectivity index (χ0) is 14.8. The minimum absolute atomic E-state index is 0.250. The van der Waals surface area contributed by atoms with Crippen LogP contribution in [0.2, 0.25) is 5.02 Å². The van der Waals surface area contributed by atoms with Crippen molar-refractivity contribution in [2.24, 2.45) is 0 Å². The molecule has 0 aliphatic heterocycles. The van der Waals surface area contributed by atoms with Crippen LogP contribution in [0.25, 0.3) is 11.0 Å². The lowest BCUT2D eigenvalue weighted by molar-refractivity contribution is 0.0697. The molecule has 0 radical (unpaired) electrons. The molecule has 0 spiro atoms. The van der Waals surface area contributed by atoms with Crippen molar-refractivity contribution in [3.8, 4) is 0 Å². The monoisotopic (exact) mass is 318 g/mol. The van der Waals surface area contributed by atoms with Crippen LogP contribution in [0.1, 0.15) is 15.9 Å². The quantitative estimate of drug-likeness (QED) is 0.707. The Bertz CT molecular complexity index is 799. The molecule has 0 fully saturated rings. The average Bonchev–Trinajstić information content (AvgIpc) is 2.88. The summed E-state index contributed by atoms with van der Waals surface area (Å²) in [6, 6.07) is 12.5. The second-order valence-corrected chi connectivity index (χ2v) is 5.89. The molecule has 4 nitrogen and oxygen atoms in total. The first-order valence-corrected chi connectivity index (χ1v) is 7.58. The van der Waals surface area contributed by atoms with E-state index in [4.69, 9.17) is 16.7 Å². The summed E-state index contributed by atoms with van der Waals surface area (Å²) in [5.74, 6) is -0.176. The molecule has 2 N–H and O–H groups in total. The van der Waals surface area contributed by atoms with Crippen molar-refractivity contribution in [3.05, 3.63) is 58.6 Å². The predicted octanol–water partition coefficient (Wildman–Crippen LogP) is 4.21. The van der Waals surface area contributed by atoms with Gasteiger partial charge < -0.3 is 10.1 Å². The Labute approximate surface area is 130 Å². The number of carbonyl (C=O) groups is 1. The normalized spacial score (nSPS) is 10.9. The molecule has 1 heterocycles. The highest BCUT2D eigenvalue weighted by Crippen LogP contribution is 2.24. The number of hydrogen-bond acceptors (Lipinski definition) is 3. The van der Waals surface area contributed by atoms with Crippen LogP contribution >= 0.6 is 23.4 Å². The van der Waals surface area contributed by atoms with E-state index in [1.165, 1.54) is 0 Å². The van der Waals surface area contributed by atoms with Crippen molar-refractivity contribution in [3.63, 3.8) is 0 Å². The summed E-state index contributed by atoms with van der Waals surface area (Å²) >= 11 is 7.41. The maximum atomic E-state index is 10.9. The van der Waals surface area contributed by atoms with Crippen LogP contribution in [0.3, 0.4) is 0 Å². The van der Waals surface area contributed by atoms with Crippen molar-refractivity contribution in [2.75, 3.05) is 0 Å². The number of carboxylic acids is 1. The highest BCUT2D eigenvalue weighted by atomic mass is 35.5. The number of imidazole rings is 1. The lowest BCUT2D eigenvalue weighted by atomic mass is 10.2. The minimum Gasteiger partial charge on any atom is -0.478 e. The first kappa shape index (κ1) is 14.0. The maximum Gasteiger partial charge on any atom is 0.335 e. The fourth-order valence-electron chi connectivity index (χ4n) is 1.92. The lowest BCUT2D eigenvalue weighted by Crippen LogP contribution is -1.94. The maximum absolute atomic E-state index is 10.9. The van der Waals surface area contributed by atoms with Crippen LogP contribution in [0.15, 0.2) is 47.6 Å². The number of thioether (sulfide) groups is 1. The fourth-order valence-corrected chi connectivity index (χ4v) is 2.89. The van der Waals surface area contributed by atoms with Crippen molar-refractivity contribution < 1.29 is 9.90 Å². The summed E-state index contributed by atoms with van der Waals surface area (Å²) in [6.07, 6.45) is 0. The molecule has 3 aromatic rings. The van der Waals surface area contributed by atoms with Crippen molar-refractivity contribution in [1.82, 2.24) is 9.97 Å². The van der Waals surface area contributed by atoms with E-state index in [0.717, 1.165) is 27.5 Å². The van der Waals surface area contributed by atoms with E-state index in [-0.39, 0.29) is 5.56 Å². The highest BCUT2D eigenvalue weighted by Gasteiger charge is 2.08. The number of fused-ring (bicyclic) bond motifs is 1. The van der Waals surface area contributed by atoms with Crippen LogP contribution in [0.5, 0.6) is 0 Å². The Morgan fingerprint density at radius 3 is 2.71 bits per heavy atom. The Hall–Kier alpha value is -1.98. The van der Waals surface area contributed by atoms with E-state index >= 15 is 0 Å². The zero-order valence-corrected chi connectivity index (χ0v) is 12.4. The number of benzene rings is 2. The second-order valence-electron chi connectivity index (χ2n) is 4.49. The predicted molar refractivity (Wildman–Crippen MR) is 84.1 cm³/mol. The molecule has 1 aromatic heterocycles. The second kappa shape index (κ2) is 5.79. The summed E-state index contributed by atoms with van der Waals surface area (Å²) in [7, 11) is 0. The van der Waals surface area contributed by atoms with Gasteiger partial charge in [0.05, 0.1) is 16.6 Å². The van der Waals surface area contributed by atoms with Crippen LogP contribution < -0.4 is 0 Å². The third-order valence-corrected chi connectivity index (χ3v) is 4.19. The van der Waals surface area contributed by atoms with E-state index < -0.39 is 5.97 Å². The Balaban J connectivity index is 1.78. The summed E-state index contributed by atoms with van der Waals surface area (Å²) in [6.45, 7) is 0. The Kier molecular flexibility index (Phi) is 3.86. The third kappa shape index (κ3) is 3.20. The first-order chi connectivity index (χ1) is 10.1. The van der Waals surface area contributed by atoms with Gasteiger partial charge in [0.25, 0.3) is 0 Å². The van der Waals surface area contributed by atoms with Gasteiger partial charge in [-0.1, -0.05) is 35.5 Å². The van der Waals surface area contributed by atoms with Crippen molar-refractivity contribution in [2.45, 2.75) is 10.9 Å². The summed E-state index contributed by atoms with van der Waals surface area (Å²) < 4.78 is 0. The fraction of sp³-hybridized carbons (Fsp3) is 0.0667. The van der Waals surface area contributed by atoms with Gasteiger partial charge in [-0.2, -0.15) is 0 Å². The molecule has 6 heteroatoms. The molecule has 0 bridgehead atoms. The SMILES string of the molecule is O=C(O)c1ccc2nc(SCc3ccc(Cl)cc3)[nH]c2c1. The molecule has 2 aromatic carbocycles. The first-order valence-electron chi connectivity index (χ1n) is 6.22. The van der Waals surface area contributed by atoms with Gasteiger partial charge in [-0.15, -0.1) is 0 Å². The molecule has 0 unspecified atom stereocenters. The number of H-pyrrole nitrogens is 1. The molecule has 0 saturated carbocycles. The summed E-state index contributed by atoms with van der Waals surface area (Å²) in [5, 5.41) is 10.5. The minimum atomic E-state index is -0.943. The number of carboxylic acid groups (broad SMARTS) is 1. The van der Waals surface area contributed by atoms with E-state index in [0.29, 0.717) is 5.02 Å².